The first-order valence-corrected chi connectivity index (χ1v) is 6.29. The molecule has 3 rings (SSSR count). The van der Waals surface area contributed by atoms with Gasteiger partial charge in [-0.05, 0) is 30.3 Å². The van der Waals surface area contributed by atoms with E-state index >= 15 is 0 Å². The average Bonchev–Trinajstić information content (AvgIpc) is 3.13. The first-order chi connectivity index (χ1) is 10.2. The first-order valence-electron chi connectivity index (χ1n) is 6.29. The molecular weight excluding hydrogens is 268 g/mol. The second-order valence-corrected chi connectivity index (χ2v) is 4.56. The molecular formula is C15H12N4O2. The van der Waals surface area contributed by atoms with Gasteiger partial charge in [0.05, 0.1) is 30.0 Å². The van der Waals surface area contributed by atoms with Crippen molar-refractivity contribution >= 4 is 16.8 Å². The predicted molar refractivity (Wildman–Crippen MR) is 76.1 cm³/mol. The number of benzene rings is 1. The van der Waals surface area contributed by atoms with E-state index in [0.29, 0.717) is 23.4 Å². The van der Waals surface area contributed by atoms with Crippen molar-refractivity contribution in [2.45, 2.75) is 6.54 Å². The number of nitrogens with one attached hydrogen (secondary N) is 1. The molecule has 1 amide bonds. The van der Waals surface area contributed by atoms with Gasteiger partial charge >= 0.3 is 0 Å². The molecule has 0 unspecified atom stereocenters. The second kappa shape index (κ2) is 5.15. The Labute approximate surface area is 120 Å². The highest BCUT2D eigenvalue weighted by atomic mass is 16.3. The van der Waals surface area contributed by atoms with E-state index in [-0.39, 0.29) is 5.91 Å². The second-order valence-electron chi connectivity index (χ2n) is 4.56. The minimum Gasteiger partial charge on any atom is -0.467 e. The summed E-state index contributed by atoms with van der Waals surface area (Å²) in [6, 6.07) is 11.1. The summed E-state index contributed by atoms with van der Waals surface area (Å²) in [5, 5.41) is 9.87. The highest BCUT2D eigenvalue weighted by Gasteiger charge is 2.14. The van der Waals surface area contributed by atoms with Gasteiger partial charge in [0.15, 0.2) is 0 Å². The minimum atomic E-state index is -0.387. The van der Waals surface area contributed by atoms with Gasteiger partial charge in [0.2, 0.25) is 0 Å². The molecule has 2 heterocycles. The normalized spacial score (nSPS) is 10.5. The van der Waals surface area contributed by atoms with E-state index in [4.69, 9.17) is 15.5 Å². The highest BCUT2D eigenvalue weighted by molar-refractivity contribution is 5.94. The van der Waals surface area contributed by atoms with Crippen molar-refractivity contribution in [2.24, 2.45) is 5.84 Å². The number of carbonyl (C=O) groups excluding carboxylic acids is 1. The number of nitrogens with zero attached hydrogens (tertiary/aromatic N) is 2. The fraction of sp³-hybridized carbons (Fsp3) is 0.0667. The van der Waals surface area contributed by atoms with E-state index in [9.17, 15) is 4.79 Å². The third kappa shape index (κ3) is 2.26. The summed E-state index contributed by atoms with van der Waals surface area (Å²) in [4.78, 5) is 11.6. The fourth-order valence-corrected chi connectivity index (χ4v) is 2.31. The smallest absolute Gasteiger partial charge is 0.268 e. The predicted octanol–water partition coefficient (Wildman–Crippen LogP) is 1.76. The van der Waals surface area contributed by atoms with Gasteiger partial charge in [0.1, 0.15) is 5.76 Å². The number of nitrogens with two attached hydrogens (primary N) is 1. The summed E-state index contributed by atoms with van der Waals surface area (Å²) in [7, 11) is 0. The van der Waals surface area contributed by atoms with Crippen LogP contribution < -0.4 is 11.3 Å². The first kappa shape index (κ1) is 13.0. The maximum absolute atomic E-state index is 11.6. The number of amides is 1. The molecule has 0 atom stereocenters. The zero-order valence-electron chi connectivity index (χ0n) is 11.0. The molecule has 0 aliphatic carbocycles. The Hall–Kier alpha value is -3.04. The monoisotopic (exact) mass is 280 g/mol. The summed E-state index contributed by atoms with van der Waals surface area (Å²) < 4.78 is 7.31. The standard InChI is InChI=1S/C15H12N4O2/c16-8-10-1-2-13-11(7-10)3-5-19(13)9-14-12(4-6-21-14)15(20)18-17/h1-7H,9,17H2,(H,18,20). The van der Waals surface area contributed by atoms with Crippen LogP contribution in [0.4, 0.5) is 0 Å². The van der Waals surface area contributed by atoms with Crippen LogP contribution in [0.25, 0.3) is 10.9 Å². The molecule has 6 heteroatoms. The van der Waals surface area contributed by atoms with E-state index in [0.717, 1.165) is 10.9 Å². The van der Waals surface area contributed by atoms with Gasteiger partial charge in [-0.2, -0.15) is 5.26 Å². The van der Waals surface area contributed by atoms with Crippen molar-refractivity contribution in [2.75, 3.05) is 0 Å². The number of fused-ring (bicyclic) bond motifs is 1. The van der Waals surface area contributed by atoms with Crippen LogP contribution >= 0.6 is 0 Å². The third-order valence-corrected chi connectivity index (χ3v) is 3.34. The van der Waals surface area contributed by atoms with Gasteiger partial charge in [-0.15, -0.1) is 0 Å². The summed E-state index contributed by atoms with van der Waals surface area (Å²) in [5.41, 5.74) is 4.08. The minimum absolute atomic E-state index is 0.387. The van der Waals surface area contributed by atoms with Crippen molar-refractivity contribution in [3.8, 4) is 6.07 Å². The zero-order valence-corrected chi connectivity index (χ0v) is 11.0. The number of hydrogen-bond donors (Lipinski definition) is 2. The van der Waals surface area contributed by atoms with Crippen LogP contribution in [-0.2, 0) is 6.54 Å². The van der Waals surface area contributed by atoms with Gasteiger partial charge in [-0.3, -0.25) is 10.2 Å². The summed E-state index contributed by atoms with van der Waals surface area (Å²) in [6.07, 6.45) is 3.35. The van der Waals surface area contributed by atoms with Crippen LogP contribution in [0.2, 0.25) is 0 Å². The Morgan fingerprint density at radius 3 is 3.00 bits per heavy atom. The molecule has 0 saturated heterocycles. The van der Waals surface area contributed by atoms with Crippen LogP contribution in [0.5, 0.6) is 0 Å². The molecule has 1 aromatic carbocycles. The Morgan fingerprint density at radius 2 is 2.24 bits per heavy atom. The van der Waals surface area contributed by atoms with Crippen LogP contribution in [0.15, 0.2) is 47.2 Å². The van der Waals surface area contributed by atoms with Crippen molar-refractivity contribution in [3.63, 3.8) is 0 Å². The molecule has 2 aromatic heterocycles. The van der Waals surface area contributed by atoms with Gasteiger partial charge in [-0.25, -0.2) is 5.84 Å². The van der Waals surface area contributed by atoms with E-state index in [1.54, 1.807) is 12.1 Å². The van der Waals surface area contributed by atoms with Gasteiger partial charge < -0.3 is 8.98 Å². The summed E-state index contributed by atoms with van der Waals surface area (Å²) in [6.45, 7) is 0.408. The Kier molecular flexibility index (Phi) is 3.18. The fourth-order valence-electron chi connectivity index (χ4n) is 2.31. The number of hydrazine groups is 1. The summed E-state index contributed by atoms with van der Waals surface area (Å²) in [5.74, 6) is 5.29. The molecule has 6 nitrogen and oxygen atoms in total. The SMILES string of the molecule is N#Cc1ccc2c(ccn2Cc2occc2C(=O)NN)c1. The third-order valence-electron chi connectivity index (χ3n) is 3.34. The lowest BCUT2D eigenvalue weighted by atomic mass is 10.2. The van der Waals surface area contributed by atoms with Crippen LogP contribution in [0.3, 0.4) is 0 Å². The van der Waals surface area contributed by atoms with Crippen LogP contribution in [0, 0.1) is 11.3 Å². The average molecular weight is 280 g/mol. The molecule has 0 bridgehead atoms. The van der Waals surface area contributed by atoms with E-state index < -0.39 is 0 Å². The number of nitrogen functional groups attached to an aromatic ring is 1. The lowest BCUT2D eigenvalue weighted by molar-refractivity contribution is 0.0951. The number of nitriles is 1. The maximum Gasteiger partial charge on any atom is 0.268 e. The topological polar surface area (TPSA) is 97.0 Å². The molecule has 3 N–H and O–H groups in total. The number of hydrogen-bond acceptors (Lipinski definition) is 4. The van der Waals surface area contributed by atoms with Gasteiger partial charge in [0.25, 0.3) is 5.91 Å². The molecule has 0 fully saturated rings. The number of rotatable bonds is 3. The number of furan rings is 1. The lowest BCUT2D eigenvalue weighted by Crippen LogP contribution is -2.30. The molecule has 0 aliphatic heterocycles. The van der Waals surface area contributed by atoms with Crippen molar-refractivity contribution < 1.29 is 9.21 Å². The zero-order chi connectivity index (χ0) is 14.8. The Bertz CT molecular complexity index is 854. The molecule has 0 saturated carbocycles. The molecule has 0 radical (unpaired) electrons. The quantitative estimate of drug-likeness (QED) is 0.434. The van der Waals surface area contributed by atoms with Crippen LogP contribution in [-0.4, -0.2) is 10.5 Å². The van der Waals surface area contributed by atoms with E-state index in [2.05, 4.69) is 11.5 Å². The van der Waals surface area contributed by atoms with Gasteiger partial charge in [0, 0.05) is 17.1 Å². The molecule has 21 heavy (non-hydrogen) atoms. The lowest BCUT2D eigenvalue weighted by Gasteiger charge is -2.05. The largest absolute Gasteiger partial charge is 0.467 e. The van der Waals surface area contributed by atoms with E-state index in [1.165, 1.54) is 6.26 Å². The van der Waals surface area contributed by atoms with Crippen LogP contribution in [0.1, 0.15) is 21.7 Å². The molecule has 0 aliphatic rings. The van der Waals surface area contributed by atoms with E-state index in [1.807, 2.05) is 29.0 Å². The molecule has 0 spiro atoms. The maximum atomic E-state index is 11.6. The molecule has 104 valence electrons. The van der Waals surface area contributed by atoms with Gasteiger partial charge in [-0.1, -0.05) is 0 Å². The molecule has 3 aromatic rings. The Balaban J connectivity index is 1.98. The van der Waals surface area contributed by atoms with Crippen molar-refractivity contribution in [1.82, 2.24) is 9.99 Å². The van der Waals surface area contributed by atoms with Crippen molar-refractivity contribution in [3.05, 3.63) is 59.7 Å². The Morgan fingerprint density at radius 1 is 1.38 bits per heavy atom. The number of aromatic nitrogens is 1. The highest BCUT2D eigenvalue weighted by Crippen LogP contribution is 2.20. The van der Waals surface area contributed by atoms with Crippen molar-refractivity contribution in [1.29, 1.82) is 5.26 Å². The number of carbonyl (C=O) groups is 1. The summed E-state index contributed by atoms with van der Waals surface area (Å²) >= 11 is 0.